The van der Waals surface area contributed by atoms with E-state index in [1.807, 2.05) is 72.5 Å². The molecule has 2 aromatic carbocycles. The van der Waals surface area contributed by atoms with Gasteiger partial charge in [-0.15, -0.1) is 0 Å². The van der Waals surface area contributed by atoms with E-state index in [4.69, 9.17) is 4.74 Å². The summed E-state index contributed by atoms with van der Waals surface area (Å²) in [5, 5.41) is 12.3. The number of halogens is 1. The Morgan fingerprint density at radius 3 is 2.00 bits per heavy atom. The van der Waals surface area contributed by atoms with Gasteiger partial charge in [0.1, 0.15) is 5.83 Å². The van der Waals surface area contributed by atoms with Crippen molar-refractivity contribution in [3.05, 3.63) is 83.6 Å². The van der Waals surface area contributed by atoms with Crippen LogP contribution < -0.4 is 24.0 Å². The second-order valence-corrected chi connectivity index (χ2v) is 7.77. The molecule has 0 radical (unpaired) electrons. The van der Waals surface area contributed by atoms with Gasteiger partial charge in [-0.2, -0.15) is 0 Å². The molecule has 0 unspecified atom stereocenters. The van der Waals surface area contributed by atoms with Crippen LogP contribution in [0.3, 0.4) is 0 Å². The molecule has 0 aliphatic rings. The zero-order chi connectivity index (χ0) is 20.0. The third-order valence-electron chi connectivity index (χ3n) is 4.45. The first kappa shape index (κ1) is 24.3. The number of nitrogens with zero attached hydrogens (tertiary/aromatic N) is 1. The molecule has 2 rings (SSSR count). The largest absolute Gasteiger partial charge is 1.00 e. The summed E-state index contributed by atoms with van der Waals surface area (Å²) < 4.78 is 20.2. The van der Waals surface area contributed by atoms with Gasteiger partial charge in [-0.1, -0.05) is 81.4 Å². The normalized spacial score (nSPS) is 14.7. The van der Waals surface area contributed by atoms with E-state index in [0.717, 1.165) is 11.1 Å². The third kappa shape index (κ3) is 7.02. The van der Waals surface area contributed by atoms with Crippen molar-refractivity contribution in [2.45, 2.75) is 58.8 Å². The van der Waals surface area contributed by atoms with Gasteiger partial charge < -0.3 is 9.84 Å². The van der Waals surface area contributed by atoms with Gasteiger partial charge >= 0.3 is 18.9 Å². The molecule has 0 saturated carbocycles. The molecule has 0 amide bonds. The van der Waals surface area contributed by atoms with Crippen molar-refractivity contribution >= 4 is 0 Å². The molecular formula is C23H29FLiNO2. The first-order valence-electron chi connectivity index (χ1n) is 9.29. The Balaban J connectivity index is 0.00000392. The third-order valence-corrected chi connectivity index (χ3v) is 4.45. The van der Waals surface area contributed by atoms with E-state index in [9.17, 15) is 9.50 Å². The molecule has 0 aliphatic heterocycles. The summed E-state index contributed by atoms with van der Waals surface area (Å²) >= 11 is 0. The quantitative estimate of drug-likeness (QED) is 0.547. The number of ether oxygens (including phenoxy) is 1. The van der Waals surface area contributed by atoms with E-state index >= 15 is 0 Å². The summed E-state index contributed by atoms with van der Waals surface area (Å²) in [5.74, 6) is -1.67. The second kappa shape index (κ2) is 10.7. The molecule has 0 aromatic heterocycles. The molecule has 3 nitrogen and oxygen atoms in total. The van der Waals surface area contributed by atoms with E-state index < -0.39 is 23.4 Å². The Labute approximate surface area is 180 Å². The molecule has 0 aliphatic carbocycles. The SMILES string of the molecule is C[C@@H](/C(F)=C(\[O-])OC(C)(C)C)N(Cc1ccccc1)[C@@H](C)c1ccccc1.[Li+]. The Bertz CT molecular complexity index is 744. The van der Waals surface area contributed by atoms with Crippen molar-refractivity contribution < 1.29 is 33.1 Å². The molecule has 2 atom stereocenters. The van der Waals surface area contributed by atoms with Crippen molar-refractivity contribution in [3.8, 4) is 0 Å². The van der Waals surface area contributed by atoms with Gasteiger partial charge in [-0.05, 0) is 25.0 Å². The van der Waals surface area contributed by atoms with Crippen LogP contribution in [0.5, 0.6) is 0 Å². The minimum Gasteiger partial charge on any atom is -0.606 e. The molecule has 28 heavy (non-hydrogen) atoms. The number of benzene rings is 2. The van der Waals surface area contributed by atoms with Gasteiger partial charge in [0.15, 0.2) is 0 Å². The molecule has 0 saturated heterocycles. The van der Waals surface area contributed by atoms with E-state index in [1.54, 1.807) is 27.7 Å². The van der Waals surface area contributed by atoms with E-state index in [2.05, 4.69) is 0 Å². The van der Waals surface area contributed by atoms with Crippen LogP contribution in [0.1, 0.15) is 51.8 Å². The van der Waals surface area contributed by atoms with E-state index in [-0.39, 0.29) is 24.9 Å². The van der Waals surface area contributed by atoms with Crippen molar-refractivity contribution in [1.82, 2.24) is 4.90 Å². The van der Waals surface area contributed by atoms with Crippen LogP contribution in [0, 0.1) is 0 Å². The molecule has 146 valence electrons. The fraction of sp³-hybridized carbons (Fsp3) is 0.391. The monoisotopic (exact) mass is 377 g/mol. The van der Waals surface area contributed by atoms with Gasteiger partial charge in [0, 0.05) is 18.2 Å². The van der Waals surface area contributed by atoms with Crippen molar-refractivity contribution in [2.24, 2.45) is 0 Å². The molecular weight excluding hydrogens is 348 g/mol. The Kier molecular flexibility index (Phi) is 9.30. The van der Waals surface area contributed by atoms with Crippen LogP contribution in [0.25, 0.3) is 0 Å². The van der Waals surface area contributed by atoms with Crippen LogP contribution in [0.15, 0.2) is 72.4 Å². The van der Waals surface area contributed by atoms with Crippen molar-refractivity contribution in [3.63, 3.8) is 0 Å². The minimum atomic E-state index is -0.895. The van der Waals surface area contributed by atoms with Crippen LogP contribution >= 0.6 is 0 Å². The van der Waals surface area contributed by atoms with Gasteiger partial charge in [-0.3, -0.25) is 4.90 Å². The van der Waals surface area contributed by atoms with Crippen LogP contribution in [-0.4, -0.2) is 16.5 Å². The van der Waals surface area contributed by atoms with Gasteiger partial charge in [-0.25, -0.2) is 4.39 Å². The summed E-state index contributed by atoms with van der Waals surface area (Å²) in [7, 11) is 0. The maximum atomic E-state index is 14.9. The molecule has 5 heteroatoms. The smallest absolute Gasteiger partial charge is 0.606 e. The van der Waals surface area contributed by atoms with Gasteiger partial charge in [0.25, 0.3) is 0 Å². The molecule has 0 fully saturated rings. The average Bonchev–Trinajstić information content (AvgIpc) is 2.64. The molecule has 0 heterocycles. The van der Waals surface area contributed by atoms with Crippen LogP contribution in [-0.2, 0) is 11.3 Å². The molecule has 0 N–H and O–H groups in total. The first-order valence-corrected chi connectivity index (χ1v) is 9.29. The maximum absolute atomic E-state index is 14.9. The molecule has 0 bridgehead atoms. The number of hydrogen-bond donors (Lipinski definition) is 0. The summed E-state index contributed by atoms with van der Waals surface area (Å²) in [6.07, 6.45) is 0. The summed E-state index contributed by atoms with van der Waals surface area (Å²) in [5.41, 5.74) is 1.39. The maximum Gasteiger partial charge on any atom is 1.00 e. The predicted molar refractivity (Wildman–Crippen MR) is 105 cm³/mol. The topological polar surface area (TPSA) is 35.5 Å². The Morgan fingerprint density at radius 1 is 1.00 bits per heavy atom. The van der Waals surface area contributed by atoms with Gasteiger partial charge in [0.2, 0.25) is 0 Å². The number of hydrogen-bond acceptors (Lipinski definition) is 3. The zero-order valence-corrected chi connectivity index (χ0v) is 17.8. The van der Waals surface area contributed by atoms with Gasteiger partial charge in [0.05, 0.1) is 12.0 Å². The van der Waals surface area contributed by atoms with Crippen LogP contribution in [0.2, 0.25) is 0 Å². The van der Waals surface area contributed by atoms with Crippen LogP contribution in [0.4, 0.5) is 4.39 Å². The minimum absolute atomic E-state index is 0. The molecule has 0 spiro atoms. The standard InChI is InChI=1S/C23H30FNO2.Li/c1-17(20-14-10-7-11-15-20)25(16-19-12-8-6-9-13-19)18(2)21(24)22(26)27-23(3,4)5;/h6-15,17-18,26H,16H2,1-5H3;/q;+1/p-1/b22-21-;/t17-,18-;/m0./s1. The fourth-order valence-corrected chi connectivity index (χ4v) is 2.97. The fourth-order valence-electron chi connectivity index (χ4n) is 2.97. The average molecular weight is 377 g/mol. The van der Waals surface area contributed by atoms with Crippen molar-refractivity contribution in [2.75, 3.05) is 0 Å². The Hall–Kier alpha value is -1.73. The molecule has 2 aromatic rings. The second-order valence-electron chi connectivity index (χ2n) is 7.77. The Morgan fingerprint density at radius 2 is 1.50 bits per heavy atom. The summed E-state index contributed by atoms with van der Waals surface area (Å²) in [6.45, 7) is 9.46. The first-order chi connectivity index (χ1) is 12.7. The van der Waals surface area contributed by atoms with E-state index in [0.29, 0.717) is 6.54 Å². The summed E-state index contributed by atoms with van der Waals surface area (Å²) in [6, 6.07) is 19.0. The van der Waals surface area contributed by atoms with E-state index in [1.165, 1.54) is 0 Å². The predicted octanol–water partition coefficient (Wildman–Crippen LogP) is 1.96. The summed E-state index contributed by atoms with van der Waals surface area (Å²) in [4.78, 5) is 1.98. The zero-order valence-electron chi connectivity index (χ0n) is 17.8. The van der Waals surface area contributed by atoms with Crippen molar-refractivity contribution in [1.29, 1.82) is 0 Å². The number of rotatable bonds is 7.